The molecule has 0 radical (unpaired) electrons. The minimum atomic E-state index is -0.850. The minimum absolute atomic E-state index is 0.393. The average molecular weight is 224 g/mol. The Morgan fingerprint density at radius 3 is 3.27 bits per heavy atom. The van der Waals surface area contributed by atoms with E-state index in [1.807, 2.05) is 11.4 Å². The van der Waals surface area contributed by atoms with Gasteiger partial charge in [0.1, 0.15) is 5.60 Å². The lowest BCUT2D eigenvalue weighted by Crippen LogP contribution is -2.33. The van der Waals surface area contributed by atoms with E-state index in [-0.39, 0.29) is 0 Å². The summed E-state index contributed by atoms with van der Waals surface area (Å²) in [6.07, 6.45) is 3.38. The zero-order chi connectivity index (χ0) is 10.9. The fourth-order valence-corrected chi connectivity index (χ4v) is 3.39. The highest BCUT2D eigenvalue weighted by atomic mass is 32.1. The maximum absolute atomic E-state index is 10.5. The SMILES string of the molecule is C=CC1(O)CC(COC)Cc2sccc21. The summed E-state index contributed by atoms with van der Waals surface area (Å²) in [5.41, 5.74) is 0.186. The topological polar surface area (TPSA) is 29.5 Å². The molecule has 1 N–H and O–H groups in total. The van der Waals surface area contributed by atoms with E-state index in [2.05, 4.69) is 6.58 Å². The van der Waals surface area contributed by atoms with Crippen molar-refractivity contribution in [3.8, 4) is 0 Å². The van der Waals surface area contributed by atoms with Gasteiger partial charge in [-0.1, -0.05) is 12.7 Å². The Morgan fingerprint density at radius 1 is 1.80 bits per heavy atom. The highest BCUT2D eigenvalue weighted by Crippen LogP contribution is 2.41. The molecule has 0 amide bonds. The fraction of sp³-hybridized carbons (Fsp3) is 0.500. The van der Waals surface area contributed by atoms with Crippen LogP contribution >= 0.6 is 11.3 Å². The lowest BCUT2D eigenvalue weighted by atomic mass is 9.78. The van der Waals surface area contributed by atoms with Gasteiger partial charge in [0.2, 0.25) is 0 Å². The molecule has 1 aliphatic rings. The standard InChI is InChI=1S/C12H16O2S/c1-3-12(13)7-9(8-14-2)6-11-10(12)4-5-15-11/h3-5,9,13H,1,6-8H2,2H3. The maximum atomic E-state index is 10.5. The molecule has 0 saturated heterocycles. The van der Waals surface area contributed by atoms with Gasteiger partial charge in [-0.15, -0.1) is 11.3 Å². The van der Waals surface area contributed by atoms with Crippen molar-refractivity contribution in [1.29, 1.82) is 0 Å². The number of hydrogen-bond donors (Lipinski definition) is 1. The molecule has 2 nitrogen and oxygen atoms in total. The quantitative estimate of drug-likeness (QED) is 0.798. The summed E-state index contributed by atoms with van der Waals surface area (Å²) in [5.74, 6) is 0.393. The Bertz CT molecular complexity index is 358. The third kappa shape index (κ3) is 1.87. The molecule has 1 aromatic rings. The van der Waals surface area contributed by atoms with Crippen LogP contribution in [0, 0.1) is 5.92 Å². The van der Waals surface area contributed by atoms with Gasteiger partial charge in [-0.05, 0) is 30.2 Å². The predicted octanol–water partition coefficient (Wildman–Crippen LogP) is 2.33. The van der Waals surface area contributed by atoms with Crippen molar-refractivity contribution in [2.75, 3.05) is 13.7 Å². The summed E-state index contributed by atoms with van der Waals surface area (Å²) >= 11 is 1.71. The Hall–Kier alpha value is -0.640. The van der Waals surface area contributed by atoms with E-state index in [1.165, 1.54) is 4.88 Å². The second kappa shape index (κ2) is 4.08. The molecular weight excluding hydrogens is 208 g/mol. The van der Waals surface area contributed by atoms with Gasteiger partial charge in [-0.2, -0.15) is 0 Å². The zero-order valence-corrected chi connectivity index (χ0v) is 9.72. The molecule has 2 unspecified atom stereocenters. The number of thiophene rings is 1. The van der Waals surface area contributed by atoms with Crippen LogP contribution < -0.4 is 0 Å². The van der Waals surface area contributed by atoms with Crippen molar-refractivity contribution in [1.82, 2.24) is 0 Å². The van der Waals surface area contributed by atoms with E-state index < -0.39 is 5.60 Å². The number of rotatable bonds is 3. The van der Waals surface area contributed by atoms with Crippen molar-refractivity contribution in [2.24, 2.45) is 5.92 Å². The largest absolute Gasteiger partial charge is 0.384 e. The molecule has 2 rings (SSSR count). The number of hydrogen-bond acceptors (Lipinski definition) is 3. The summed E-state index contributed by atoms with van der Waals surface area (Å²) in [6.45, 7) is 4.44. The van der Waals surface area contributed by atoms with Crippen LogP contribution in [0.3, 0.4) is 0 Å². The molecule has 3 heteroatoms. The minimum Gasteiger partial charge on any atom is -0.384 e. The van der Waals surface area contributed by atoms with Crippen LogP contribution in [-0.2, 0) is 16.8 Å². The number of ether oxygens (including phenoxy) is 1. The third-order valence-electron chi connectivity index (χ3n) is 3.03. The van der Waals surface area contributed by atoms with Gasteiger partial charge in [0, 0.05) is 24.2 Å². The van der Waals surface area contributed by atoms with Gasteiger partial charge in [0.25, 0.3) is 0 Å². The van der Waals surface area contributed by atoms with Crippen molar-refractivity contribution in [3.63, 3.8) is 0 Å². The maximum Gasteiger partial charge on any atom is 0.109 e. The molecule has 0 spiro atoms. The molecule has 0 aromatic carbocycles. The van der Waals surface area contributed by atoms with Crippen LogP contribution in [0.15, 0.2) is 24.1 Å². The van der Waals surface area contributed by atoms with E-state index in [0.29, 0.717) is 18.9 Å². The first-order valence-corrected chi connectivity index (χ1v) is 5.99. The summed E-state index contributed by atoms with van der Waals surface area (Å²) in [6, 6.07) is 2.00. The van der Waals surface area contributed by atoms with Gasteiger partial charge in [-0.25, -0.2) is 0 Å². The van der Waals surface area contributed by atoms with Crippen LogP contribution in [-0.4, -0.2) is 18.8 Å². The predicted molar refractivity (Wildman–Crippen MR) is 62.1 cm³/mol. The van der Waals surface area contributed by atoms with Crippen LogP contribution in [0.1, 0.15) is 16.9 Å². The molecule has 2 atom stereocenters. The summed E-state index contributed by atoms with van der Waals surface area (Å²) in [4.78, 5) is 1.27. The molecule has 0 aliphatic heterocycles. The smallest absolute Gasteiger partial charge is 0.109 e. The van der Waals surface area contributed by atoms with Crippen molar-refractivity contribution in [3.05, 3.63) is 34.5 Å². The zero-order valence-electron chi connectivity index (χ0n) is 8.90. The van der Waals surface area contributed by atoms with E-state index in [0.717, 1.165) is 12.0 Å². The second-order valence-electron chi connectivity index (χ2n) is 4.12. The first-order chi connectivity index (χ1) is 7.19. The second-order valence-corrected chi connectivity index (χ2v) is 5.12. The van der Waals surface area contributed by atoms with Crippen LogP contribution in [0.2, 0.25) is 0 Å². The van der Waals surface area contributed by atoms with Crippen molar-refractivity contribution in [2.45, 2.75) is 18.4 Å². The van der Waals surface area contributed by atoms with Crippen LogP contribution in [0.5, 0.6) is 0 Å². The van der Waals surface area contributed by atoms with Gasteiger partial charge in [0.05, 0.1) is 0 Å². The Labute approximate surface area is 94.2 Å². The molecule has 0 bridgehead atoms. The lowest BCUT2D eigenvalue weighted by molar-refractivity contribution is 0.0294. The highest BCUT2D eigenvalue weighted by molar-refractivity contribution is 7.10. The summed E-state index contributed by atoms with van der Waals surface area (Å²) < 4.78 is 5.17. The molecule has 1 aliphatic carbocycles. The first kappa shape index (κ1) is 10.9. The Balaban J connectivity index is 2.31. The monoisotopic (exact) mass is 224 g/mol. The molecule has 0 fully saturated rings. The van der Waals surface area contributed by atoms with Gasteiger partial charge < -0.3 is 9.84 Å². The van der Waals surface area contributed by atoms with Crippen LogP contribution in [0.25, 0.3) is 0 Å². The van der Waals surface area contributed by atoms with Gasteiger partial charge in [-0.3, -0.25) is 0 Å². The first-order valence-electron chi connectivity index (χ1n) is 5.11. The van der Waals surface area contributed by atoms with Gasteiger partial charge >= 0.3 is 0 Å². The number of fused-ring (bicyclic) bond motifs is 1. The molecule has 1 heterocycles. The van der Waals surface area contributed by atoms with Gasteiger partial charge in [0.15, 0.2) is 0 Å². The number of aliphatic hydroxyl groups is 1. The Kier molecular flexibility index (Phi) is 2.96. The normalized spacial score (nSPS) is 29.9. The third-order valence-corrected chi connectivity index (χ3v) is 3.97. The van der Waals surface area contributed by atoms with E-state index in [4.69, 9.17) is 4.74 Å². The van der Waals surface area contributed by atoms with E-state index >= 15 is 0 Å². The molecular formula is C12H16O2S. The molecule has 0 saturated carbocycles. The number of methoxy groups -OCH3 is 1. The van der Waals surface area contributed by atoms with Crippen LogP contribution in [0.4, 0.5) is 0 Å². The van der Waals surface area contributed by atoms with Crippen molar-refractivity contribution >= 4 is 11.3 Å². The van der Waals surface area contributed by atoms with Crippen molar-refractivity contribution < 1.29 is 9.84 Å². The fourth-order valence-electron chi connectivity index (χ4n) is 2.32. The van der Waals surface area contributed by atoms with E-state index in [1.54, 1.807) is 24.5 Å². The molecule has 1 aromatic heterocycles. The lowest BCUT2D eigenvalue weighted by Gasteiger charge is -2.34. The Morgan fingerprint density at radius 2 is 2.60 bits per heavy atom. The summed E-state index contributed by atoms with van der Waals surface area (Å²) in [5, 5.41) is 12.5. The molecule has 15 heavy (non-hydrogen) atoms. The van der Waals surface area contributed by atoms with E-state index in [9.17, 15) is 5.11 Å². The summed E-state index contributed by atoms with van der Waals surface area (Å²) in [7, 11) is 1.71. The average Bonchev–Trinajstić information content (AvgIpc) is 2.67. The highest BCUT2D eigenvalue weighted by Gasteiger charge is 2.36. The molecule has 82 valence electrons.